The number of hydrogen-bond acceptors (Lipinski definition) is 4. The number of rotatable bonds is 7. The average molecular weight is 440 g/mol. The minimum atomic E-state index is -0.956. The van der Waals surface area contributed by atoms with Gasteiger partial charge in [0, 0.05) is 16.3 Å². The van der Waals surface area contributed by atoms with Gasteiger partial charge < -0.3 is 14.6 Å². The van der Waals surface area contributed by atoms with Crippen LogP contribution in [0.1, 0.15) is 21.5 Å². The number of benzene rings is 3. The van der Waals surface area contributed by atoms with Gasteiger partial charge in [-0.1, -0.05) is 30.3 Å². The van der Waals surface area contributed by atoms with Crippen LogP contribution in [0, 0.1) is 0 Å². The van der Waals surface area contributed by atoms with Gasteiger partial charge in [0.2, 0.25) is 0 Å². The fourth-order valence-corrected chi connectivity index (χ4v) is 2.93. The Morgan fingerprint density at radius 3 is 2.50 bits per heavy atom. The predicted octanol–water partition coefficient (Wildman–Crippen LogP) is 5.49. The van der Waals surface area contributed by atoms with E-state index >= 15 is 0 Å². The number of ether oxygens (including phenoxy) is 2. The average Bonchev–Trinajstić information content (AvgIpc) is 2.72. The van der Waals surface area contributed by atoms with E-state index in [1.807, 2.05) is 42.5 Å². The highest BCUT2D eigenvalue weighted by Crippen LogP contribution is 2.32. The molecule has 0 heterocycles. The number of nitrogens with zero attached hydrogens (tertiary/aromatic N) is 1. The highest BCUT2D eigenvalue weighted by Gasteiger charge is 2.10. The van der Waals surface area contributed by atoms with Gasteiger partial charge in [-0.15, -0.1) is 0 Å². The molecule has 0 saturated carbocycles. The number of methoxy groups -OCH3 is 1. The molecule has 0 aliphatic rings. The quantitative estimate of drug-likeness (QED) is 0.494. The molecule has 5 nitrogen and oxygen atoms in total. The number of aromatic carboxylic acids is 1. The first-order chi connectivity index (χ1) is 13.6. The third-order valence-electron chi connectivity index (χ3n) is 4.01. The highest BCUT2D eigenvalue weighted by atomic mass is 79.9. The van der Waals surface area contributed by atoms with Crippen LogP contribution in [0.25, 0.3) is 0 Å². The minimum Gasteiger partial charge on any atom is -0.493 e. The monoisotopic (exact) mass is 439 g/mol. The Kier molecular flexibility index (Phi) is 6.45. The van der Waals surface area contributed by atoms with Gasteiger partial charge in [0.05, 0.1) is 18.4 Å². The van der Waals surface area contributed by atoms with Crippen molar-refractivity contribution >= 4 is 33.8 Å². The molecule has 0 aliphatic carbocycles. The molecule has 1 N–H and O–H groups in total. The number of para-hydroxylation sites is 2. The molecular formula is C22H18BrNO4. The first-order valence-corrected chi connectivity index (χ1v) is 9.28. The van der Waals surface area contributed by atoms with E-state index in [-0.39, 0.29) is 12.2 Å². The number of carboxylic acid groups (broad SMARTS) is 1. The van der Waals surface area contributed by atoms with Crippen molar-refractivity contribution in [3.05, 3.63) is 87.9 Å². The number of carbonyl (C=O) groups is 1. The van der Waals surface area contributed by atoms with Crippen molar-refractivity contribution in [2.75, 3.05) is 7.11 Å². The van der Waals surface area contributed by atoms with Crippen molar-refractivity contribution in [1.82, 2.24) is 0 Å². The van der Waals surface area contributed by atoms with Gasteiger partial charge in [0.15, 0.2) is 11.5 Å². The lowest BCUT2D eigenvalue weighted by atomic mass is 10.1. The lowest BCUT2D eigenvalue weighted by Crippen LogP contribution is -2.02. The van der Waals surface area contributed by atoms with E-state index in [2.05, 4.69) is 20.9 Å². The Bertz CT molecular complexity index is 1000. The predicted molar refractivity (Wildman–Crippen MR) is 112 cm³/mol. The molecule has 0 aliphatic heterocycles. The largest absolute Gasteiger partial charge is 0.493 e. The summed E-state index contributed by atoms with van der Waals surface area (Å²) in [7, 11) is 1.58. The van der Waals surface area contributed by atoms with Crippen molar-refractivity contribution < 1.29 is 19.4 Å². The normalized spacial score (nSPS) is 10.8. The Labute approximate surface area is 171 Å². The van der Waals surface area contributed by atoms with Crippen LogP contribution in [-0.4, -0.2) is 24.4 Å². The maximum absolute atomic E-state index is 11.0. The molecule has 0 radical (unpaired) electrons. The van der Waals surface area contributed by atoms with Crippen LogP contribution >= 0.6 is 15.9 Å². The number of aliphatic imine (C=N–C) groups is 1. The second-order valence-corrected chi connectivity index (χ2v) is 6.73. The zero-order valence-electron chi connectivity index (χ0n) is 15.1. The van der Waals surface area contributed by atoms with Crippen molar-refractivity contribution in [3.8, 4) is 11.5 Å². The van der Waals surface area contributed by atoms with E-state index in [1.54, 1.807) is 37.6 Å². The maximum Gasteiger partial charge on any atom is 0.335 e. The molecule has 0 fully saturated rings. The summed E-state index contributed by atoms with van der Waals surface area (Å²) >= 11 is 3.48. The van der Waals surface area contributed by atoms with Gasteiger partial charge >= 0.3 is 5.97 Å². The van der Waals surface area contributed by atoms with Gasteiger partial charge in [0.25, 0.3) is 0 Å². The van der Waals surface area contributed by atoms with Crippen LogP contribution < -0.4 is 9.47 Å². The molecule has 0 amide bonds. The summed E-state index contributed by atoms with van der Waals surface area (Å²) in [6, 6.07) is 19.8. The molecule has 6 heteroatoms. The summed E-state index contributed by atoms with van der Waals surface area (Å²) in [5, 5.41) is 9.00. The molecule has 0 aromatic heterocycles. The summed E-state index contributed by atoms with van der Waals surface area (Å²) in [6.45, 7) is 0.274. The molecule has 3 aromatic carbocycles. The molecule has 0 atom stereocenters. The van der Waals surface area contributed by atoms with E-state index in [0.717, 1.165) is 21.3 Å². The first-order valence-electron chi connectivity index (χ1n) is 8.49. The molecule has 0 unspecified atom stereocenters. The van der Waals surface area contributed by atoms with E-state index in [0.29, 0.717) is 11.5 Å². The number of halogens is 1. The first kappa shape index (κ1) is 19.6. The number of hydrogen-bond donors (Lipinski definition) is 1. The van der Waals surface area contributed by atoms with Crippen LogP contribution in [0.5, 0.6) is 11.5 Å². The summed E-state index contributed by atoms with van der Waals surface area (Å²) in [5.41, 5.74) is 2.67. The third-order valence-corrected chi connectivity index (χ3v) is 4.68. The fourth-order valence-electron chi connectivity index (χ4n) is 2.54. The van der Waals surface area contributed by atoms with Crippen molar-refractivity contribution in [2.45, 2.75) is 6.61 Å². The SMILES string of the molecule is COc1cccc(C=Nc2ccccc2Br)c1OCc1ccc(C(=O)O)cc1. The van der Waals surface area contributed by atoms with Crippen molar-refractivity contribution in [3.63, 3.8) is 0 Å². The Hall–Kier alpha value is -3.12. The Morgan fingerprint density at radius 2 is 1.82 bits per heavy atom. The Balaban J connectivity index is 1.83. The summed E-state index contributed by atoms with van der Waals surface area (Å²) in [4.78, 5) is 15.5. The van der Waals surface area contributed by atoms with E-state index in [4.69, 9.17) is 14.6 Å². The summed E-state index contributed by atoms with van der Waals surface area (Å²) < 4.78 is 12.3. The minimum absolute atomic E-state index is 0.238. The van der Waals surface area contributed by atoms with Crippen molar-refractivity contribution in [1.29, 1.82) is 0 Å². The molecule has 0 spiro atoms. The molecule has 0 bridgehead atoms. The lowest BCUT2D eigenvalue weighted by molar-refractivity contribution is 0.0697. The zero-order chi connectivity index (χ0) is 19.9. The molecule has 3 aromatic rings. The topological polar surface area (TPSA) is 68.1 Å². The molecule has 142 valence electrons. The van der Waals surface area contributed by atoms with E-state index in [9.17, 15) is 4.79 Å². The van der Waals surface area contributed by atoms with Gasteiger partial charge in [-0.3, -0.25) is 4.99 Å². The van der Waals surface area contributed by atoms with Crippen LogP contribution in [-0.2, 0) is 6.61 Å². The van der Waals surface area contributed by atoms with Crippen LogP contribution in [0.4, 0.5) is 5.69 Å². The zero-order valence-corrected chi connectivity index (χ0v) is 16.7. The van der Waals surface area contributed by atoms with Crippen molar-refractivity contribution in [2.24, 2.45) is 4.99 Å². The van der Waals surface area contributed by atoms with Crippen LogP contribution in [0.15, 0.2) is 76.2 Å². The third kappa shape index (κ3) is 4.78. The van der Waals surface area contributed by atoms with Gasteiger partial charge in [0.1, 0.15) is 6.61 Å². The van der Waals surface area contributed by atoms with Gasteiger partial charge in [-0.2, -0.15) is 0 Å². The fraction of sp³-hybridized carbons (Fsp3) is 0.0909. The summed E-state index contributed by atoms with van der Waals surface area (Å²) in [6.07, 6.45) is 1.73. The maximum atomic E-state index is 11.0. The standard InChI is InChI=1S/C22H18BrNO4/c1-27-20-8-4-5-17(13-24-19-7-3-2-6-18(19)23)21(20)28-14-15-9-11-16(12-10-15)22(25)26/h2-13H,14H2,1H3,(H,25,26). The molecular weight excluding hydrogens is 422 g/mol. The van der Waals surface area contributed by atoms with Crippen LogP contribution in [0.3, 0.4) is 0 Å². The second kappa shape index (κ2) is 9.19. The molecule has 0 saturated heterocycles. The lowest BCUT2D eigenvalue weighted by Gasteiger charge is -2.13. The highest BCUT2D eigenvalue weighted by molar-refractivity contribution is 9.10. The van der Waals surface area contributed by atoms with E-state index in [1.165, 1.54) is 0 Å². The van der Waals surface area contributed by atoms with Gasteiger partial charge in [-0.05, 0) is 57.9 Å². The van der Waals surface area contributed by atoms with Crippen LogP contribution in [0.2, 0.25) is 0 Å². The Morgan fingerprint density at radius 1 is 1.07 bits per heavy atom. The molecule has 3 rings (SSSR count). The second-order valence-electron chi connectivity index (χ2n) is 5.88. The number of carboxylic acids is 1. The summed E-state index contributed by atoms with van der Waals surface area (Å²) in [5.74, 6) is 0.212. The smallest absolute Gasteiger partial charge is 0.335 e. The van der Waals surface area contributed by atoms with Gasteiger partial charge in [-0.25, -0.2) is 4.79 Å². The van der Waals surface area contributed by atoms with E-state index < -0.39 is 5.97 Å². The molecule has 28 heavy (non-hydrogen) atoms.